The summed E-state index contributed by atoms with van der Waals surface area (Å²) in [6.07, 6.45) is 6.16. The number of ether oxygens (including phenoxy) is 1. The Balaban J connectivity index is 1.33. The van der Waals surface area contributed by atoms with Gasteiger partial charge in [-0.3, -0.25) is 9.32 Å². The molecule has 1 unspecified atom stereocenters. The Morgan fingerprint density at radius 2 is 2.03 bits per heavy atom. The molecule has 198 valence electrons. The maximum absolute atomic E-state index is 13.8. The van der Waals surface area contributed by atoms with Gasteiger partial charge in [-0.25, -0.2) is 9.55 Å². The van der Waals surface area contributed by atoms with Crippen LogP contribution >= 0.6 is 7.75 Å². The fourth-order valence-corrected chi connectivity index (χ4v) is 5.93. The van der Waals surface area contributed by atoms with Crippen LogP contribution in [0.2, 0.25) is 0 Å². The number of hydrogen-bond donors (Lipinski definition) is 3. The SMILES string of the molecule is COc1nc(N)nc2c1ncn2[C@H]1C=C[C@@H](COP(=O)(N[C@@H](C)C(=O)O)Oc2cccc3ccccc23)C1. The van der Waals surface area contributed by atoms with E-state index in [0.29, 0.717) is 29.2 Å². The van der Waals surface area contributed by atoms with Crippen molar-refractivity contribution < 1.29 is 28.3 Å². The summed E-state index contributed by atoms with van der Waals surface area (Å²) in [5.74, 6) is -0.626. The average Bonchev–Trinajstić information content (AvgIpc) is 3.54. The number of nitrogens with two attached hydrogens (primary N) is 1. The van der Waals surface area contributed by atoms with Crippen LogP contribution < -0.4 is 20.1 Å². The fraction of sp³-hybridized carbons (Fsp3) is 0.280. The van der Waals surface area contributed by atoms with Gasteiger partial charge in [0.1, 0.15) is 11.8 Å². The number of benzene rings is 2. The van der Waals surface area contributed by atoms with Gasteiger partial charge in [0.15, 0.2) is 11.2 Å². The van der Waals surface area contributed by atoms with Crippen LogP contribution in [0.4, 0.5) is 5.95 Å². The zero-order valence-electron chi connectivity index (χ0n) is 20.7. The van der Waals surface area contributed by atoms with Crippen LogP contribution in [0, 0.1) is 5.92 Å². The number of methoxy groups -OCH3 is 1. The molecule has 0 spiro atoms. The first kappa shape index (κ1) is 25.7. The Kier molecular flexibility index (Phi) is 7.02. The summed E-state index contributed by atoms with van der Waals surface area (Å²) in [5.41, 5.74) is 6.86. The summed E-state index contributed by atoms with van der Waals surface area (Å²) < 4.78 is 32.6. The number of nitrogen functional groups attached to an aromatic ring is 1. The van der Waals surface area contributed by atoms with Gasteiger partial charge in [0, 0.05) is 11.3 Å². The number of carboxylic acids is 1. The van der Waals surface area contributed by atoms with Crippen LogP contribution in [0.15, 0.2) is 60.9 Å². The smallest absolute Gasteiger partial charge is 0.459 e. The third kappa shape index (κ3) is 5.19. The number of anilines is 1. The summed E-state index contributed by atoms with van der Waals surface area (Å²) in [6.45, 7) is 1.41. The third-order valence-electron chi connectivity index (χ3n) is 6.26. The Morgan fingerprint density at radius 3 is 2.82 bits per heavy atom. The van der Waals surface area contributed by atoms with Gasteiger partial charge in [0.05, 0.1) is 26.1 Å². The van der Waals surface area contributed by atoms with Gasteiger partial charge in [0.2, 0.25) is 11.8 Å². The number of carbonyl (C=O) groups is 1. The molecule has 4 aromatic rings. The second kappa shape index (κ2) is 10.4. The lowest BCUT2D eigenvalue weighted by Crippen LogP contribution is -2.33. The van der Waals surface area contributed by atoms with E-state index in [1.54, 1.807) is 18.5 Å². The topological polar surface area (TPSA) is 164 Å². The molecule has 2 heterocycles. The first-order valence-electron chi connectivity index (χ1n) is 11.9. The molecule has 1 aliphatic carbocycles. The highest BCUT2D eigenvalue weighted by molar-refractivity contribution is 7.52. The van der Waals surface area contributed by atoms with Crippen molar-refractivity contribution in [2.24, 2.45) is 5.92 Å². The standard InChI is InChI=1S/C25H27N6O6P/c1-15(24(32)33)30-38(34,37-20-9-5-7-17-6-3-4-8-19(17)20)36-13-16-10-11-18(12-16)31-14-27-21-22(31)28-25(26)29-23(21)35-2/h3-11,14-16,18H,12-13H2,1-2H3,(H,30,34)(H,32,33)(H2,26,28,29)/t15-,16+,18-,38?/m0/s1. The van der Waals surface area contributed by atoms with Crippen molar-refractivity contribution >= 4 is 41.6 Å². The van der Waals surface area contributed by atoms with Crippen molar-refractivity contribution in [3.05, 3.63) is 60.9 Å². The Bertz CT molecular complexity index is 1570. The lowest BCUT2D eigenvalue weighted by atomic mass is 10.1. The molecule has 0 bridgehead atoms. The van der Waals surface area contributed by atoms with Crippen molar-refractivity contribution in [2.45, 2.75) is 25.4 Å². The molecular formula is C25H27N6O6P. The number of nitrogens with zero attached hydrogens (tertiary/aromatic N) is 4. The molecule has 0 radical (unpaired) electrons. The van der Waals surface area contributed by atoms with E-state index >= 15 is 0 Å². The minimum Gasteiger partial charge on any atom is -0.480 e. The number of rotatable bonds is 10. The van der Waals surface area contributed by atoms with Crippen LogP contribution in [0.5, 0.6) is 11.6 Å². The van der Waals surface area contributed by atoms with E-state index in [1.807, 2.05) is 47.1 Å². The van der Waals surface area contributed by atoms with E-state index in [2.05, 4.69) is 20.0 Å². The van der Waals surface area contributed by atoms with Crippen LogP contribution in [-0.2, 0) is 13.9 Å². The molecule has 12 nitrogen and oxygen atoms in total. The quantitative estimate of drug-likeness (QED) is 0.198. The largest absolute Gasteiger partial charge is 0.480 e. The maximum Gasteiger partial charge on any atom is 0.459 e. The molecule has 13 heteroatoms. The van der Waals surface area contributed by atoms with Crippen LogP contribution in [0.25, 0.3) is 21.9 Å². The molecule has 4 N–H and O–H groups in total. The van der Waals surface area contributed by atoms with Gasteiger partial charge in [-0.2, -0.15) is 15.1 Å². The number of imidazole rings is 1. The van der Waals surface area contributed by atoms with Crippen LogP contribution in [-0.4, -0.2) is 50.4 Å². The van der Waals surface area contributed by atoms with Gasteiger partial charge in [-0.1, -0.05) is 48.6 Å². The molecule has 0 saturated carbocycles. The molecule has 2 aromatic carbocycles. The molecular weight excluding hydrogens is 511 g/mol. The molecule has 0 aliphatic heterocycles. The number of carboxylic acid groups (broad SMARTS) is 1. The maximum atomic E-state index is 13.8. The van der Waals surface area contributed by atoms with Gasteiger partial charge in [-0.15, -0.1) is 0 Å². The van der Waals surface area contributed by atoms with Gasteiger partial charge in [0.25, 0.3) is 0 Å². The summed E-state index contributed by atoms with van der Waals surface area (Å²) in [4.78, 5) is 24.2. The van der Waals surface area contributed by atoms with Crippen molar-refractivity contribution in [3.63, 3.8) is 0 Å². The fourth-order valence-electron chi connectivity index (χ4n) is 4.36. The summed E-state index contributed by atoms with van der Waals surface area (Å²) in [5, 5.41) is 13.6. The highest BCUT2D eigenvalue weighted by atomic mass is 31.2. The average molecular weight is 539 g/mol. The second-order valence-electron chi connectivity index (χ2n) is 8.91. The van der Waals surface area contributed by atoms with Crippen LogP contribution in [0.3, 0.4) is 0 Å². The van der Waals surface area contributed by atoms with Crippen LogP contribution in [0.1, 0.15) is 19.4 Å². The monoisotopic (exact) mass is 538 g/mol. The zero-order valence-corrected chi connectivity index (χ0v) is 21.6. The van der Waals surface area contributed by atoms with Crippen molar-refractivity contribution in [2.75, 3.05) is 19.5 Å². The Hall–Kier alpha value is -3.99. The van der Waals surface area contributed by atoms with Crippen molar-refractivity contribution in [1.82, 2.24) is 24.6 Å². The van der Waals surface area contributed by atoms with Gasteiger partial charge < -0.3 is 24.7 Å². The second-order valence-corrected chi connectivity index (χ2v) is 10.6. The number of allylic oxidation sites excluding steroid dienone is 1. The third-order valence-corrected chi connectivity index (χ3v) is 7.89. The van der Waals surface area contributed by atoms with Crippen molar-refractivity contribution in [1.29, 1.82) is 0 Å². The van der Waals surface area contributed by atoms with Crippen molar-refractivity contribution in [3.8, 4) is 11.6 Å². The highest BCUT2D eigenvalue weighted by Crippen LogP contribution is 2.47. The predicted molar refractivity (Wildman–Crippen MR) is 141 cm³/mol. The first-order chi connectivity index (χ1) is 18.3. The highest BCUT2D eigenvalue weighted by Gasteiger charge is 2.34. The minimum absolute atomic E-state index is 0.0292. The van der Waals surface area contributed by atoms with Gasteiger partial charge >= 0.3 is 13.7 Å². The number of nitrogens with one attached hydrogen (secondary N) is 1. The van der Waals surface area contributed by atoms with E-state index in [4.69, 9.17) is 19.5 Å². The van der Waals surface area contributed by atoms with E-state index in [1.165, 1.54) is 14.0 Å². The van der Waals surface area contributed by atoms with Gasteiger partial charge in [-0.05, 0) is 24.8 Å². The summed E-state index contributed by atoms with van der Waals surface area (Å²) >= 11 is 0. The number of fused-ring (bicyclic) bond motifs is 2. The molecule has 0 saturated heterocycles. The zero-order chi connectivity index (χ0) is 26.9. The Labute approximate surface area is 218 Å². The Morgan fingerprint density at radius 1 is 1.24 bits per heavy atom. The molecule has 0 fully saturated rings. The first-order valence-corrected chi connectivity index (χ1v) is 13.5. The predicted octanol–water partition coefficient (Wildman–Crippen LogP) is 3.95. The molecule has 4 atom stereocenters. The lowest BCUT2D eigenvalue weighted by Gasteiger charge is -2.24. The molecule has 1 aliphatic rings. The van der Waals surface area contributed by atoms with E-state index < -0.39 is 19.8 Å². The van der Waals surface area contributed by atoms with E-state index in [9.17, 15) is 14.5 Å². The normalized spacial score (nSPS) is 19.4. The van der Waals surface area contributed by atoms with E-state index in [0.717, 1.165) is 10.8 Å². The summed E-state index contributed by atoms with van der Waals surface area (Å²) in [6, 6.07) is 11.5. The molecule has 5 rings (SSSR count). The molecule has 2 aromatic heterocycles. The number of aliphatic carboxylic acids is 1. The summed E-state index contributed by atoms with van der Waals surface area (Å²) in [7, 11) is -2.59. The number of hydrogen-bond acceptors (Lipinski definition) is 9. The molecule has 0 amide bonds. The minimum atomic E-state index is -4.08. The lowest BCUT2D eigenvalue weighted by molar-refractivity contribution is -0.138. The number of aromatic nitrogens is 4. The molecule has 38 heavy (non-hydrogen) atoms. The van der Waals surface area contributed by atoms with E-state index in [-0.39, 0.29) is 24.5 Å².